The third kappa shape index (κ3) is 3.46. The van der Waals surface area contributed by atoms with Crippen molar-refractivity contribution in [2.45, 2.75) is 12.4 Å². The van der Waals surface area contributed by atoms with Crippen LogP contribution in [0.3, 0.4) is 0 Å². The summed E-state index contributed by atoms with van der Waals surface area (Å²) in [6.07, 6.45) is 2.82. The van der Waals surface area contributed by atoms with Gasteiger partial charge in [-0.25, -0.2) is 4.98 Å². The SMILES string of the molecule is CC1CN(c2ncccc2Cl)CC=C1OS(=O)(=O)C(F)(F)F. The molecule has 0 bridgehead atoms. The zero-order valence-electron chi connectivity index (χ0n) is 11.3. The van der Waals surface area contributed by atoms with Crippen molar-refractivity contribution in [2.75, 3.05) is 18.0 Å². The number of rotatable bonds is 3. The van der Waals surface area contributed by atoms with Gasteiger partial charge >= 0.3 is 15.6 Å². The standard InChI is InChI=1S/C12H12ClF3N2O3S/c1-8-7-18(11-9(13)3-2-5-17-11)6-4-10(8)21-22(19,20)12(14,15)16/h2-5,8H,6-7H2,1H3. The van der Waals surface area contributed by atoms with E-state index < -0.39 is 21.5 Å². The van der Waals surface area contributed by atoms with Crippen LogP contribution in [0.15, 0.2) is 30.2 Å². The Kier molecular flexibility index (Phi) is 4.57. The highest BCUT2D eigenvalue weighted by atomic mass is 35.5. The van der Waals surface area contributed by atoms with Gasteiger partial charge in [0, 0.05) is 25.2 Å². The van der Waals surface area contributed by atoms with Crippen LogP contribution in [-0.4, -0.2) is 32.0 Å². The maximum atomic E-state index is 12.3. The Bertz CT molecular complexity index is 691. The third-order valence-corrected chi connectivity index (χ3v) is 4.29. The Labute approximate surface area is 130 Å². The number of alkyl halides is 3. The Morgan fingerprint density at radius 1 is 1.45 bits per heavy atom. The minimum atomic E-state index is -5.65. The lowest BCUT2D eigenvalue weighted by atomic mass is 10.1. The smallest absolute Gasteiger partial charge is 0.380 e. The van der Waals surface area contributed by atoms with E-state index in [2.05, 4.69) is 9.17 Å². The molecule has 0 amide bonds. The number of pyridine rings is 1. The van der Waals surface area contributed by atoms with Crippen LogP contribution in [-0.2, 0) is 14.3 Å². The van der Waals surface area contributed by atoms with Gasteiger partial charge < -0.3 is 9.08 Å². The molecule has 1 atom stereocenters. The van der Waals surface area contributed by atoms with E-state index in [0.29, 0.717) is 10.8 Å². The van der Waals surface area contributed by atoms with Gasteiger partial charge in [0.15, 0.2) is 0 Å². The molecule has 0 aliphatic carbocycles. The van der Waals surface area contributed by atoms with Crippen LogP contribution in [0, 0.1) is 5.92 Å². The van der Waals surface area contributed by atoms with Crippen LogP contribution in [0.1, 0.15) is 6.92 Å². The number of hydrogen-bond acceptors (Lipinski definition) is 5. The van der Waals surface area contributed by atoms with E-state index in [9.17, 15) is 21.6 Å². The Morgan fingerprint density at radius 3 is 2.68 bits per heavy atom. The maximum absolute atomic E-state index is 12.3. The van der Waals surface area contributed by atoms with Gasteiger partial charge in [0.2, 0.25) is 0 Å². The molecule has 1 aliphatic rings. The minimum Gasteiger partial charge on any atom is -0.380 e. The first-order chi connectivity index (χ1) is 10.1. The number of halogens is 4. The molecule has 2 rings (SSSR count). The van der Waals surface area contributed by atoms with Gasteiger partial charge in [-0.2, -0.15) is 21.6 Å². The highest BCUT2D eigenvalue weighted by Gasteiger charge is 2.49. The summed E-state index contributed by atoms with van der Waals surface area (Å²) in [5.74, 6) is -0.324. The molecule has 0 saturated heterocycles. The zero-order chi connectivity index (χ0) is 16.5. The number of anilines is 1. The molecule has 1 unspecified atom stereocenters. The molecule has 22 heavy (non-hydrogen) atoms. The average molecular weight is 357 g/mol. The fourth-order valence-corrected chi connectivity index (χ4v) is 2.79. The summed E-state index contributed by atoms with van der Waals surface area (Å²) in [5.41, 5.74) is -5.45. The maximum Gasteiger partial charge on any atom is 0.534 e. The molecule has 1 aliphatic heterocycles. The molecule has 0 saturated carbocycles. The Morgan fingerprint density at radius 2 is 2.14 bits per heavy atom. The van der Waals surface area contributed by atoms with Gasteiger partial charge in [0.25, 0.3) is 0 Å². The first kappa shape index (κ1) is 16.9. The van der Waals surface area contributed by atoms with Crippen LogP contribution in [0.25, 0.3) is 0 Å². The molecule has 0 N–H and O–H groups in total. The highest BCUT2D eigenvalue weighted by molar-refractivity contribution is 7.87. The third-order valence-electron chi connectivity index (χ3n) is 3.02. The molecule has 2 heterocycles. The first-order valence-electron chi connectivity index (χ1n) is 6.18. The van der Waals surface area contributed by atoms with Crippen LogP contribution >= 0.6 is 11.6 Å². The highest BCUT2D eigenvalue weighted by Crippen LogP contribution is 2.32. The zero-order valence-corrected chi connectivity index (χ0v) is 12.9. The summed E-state index contributed by atoms with van der Waals surface area (Å²) in [5, 5.41) is 0.399. The summed E-state index contributed by atoms with van der Waals surface area (Å²) in [7, 11) is -5.65. The largest absolute Gasteiger partial charge is 0.534 e. The van der Waals surface area contributed by atoms with Gasteiger partial charge in [-0.1, -0.05) is 18.5 Å². The number of nitrogens with zero attached hydrogens (tertiary/aromatic N) is 2. The molecule has 5 nitrogen and oxygen atoms in total. The average Bonchev–Trinajstić information content (AvgIpc) is 2.40. The van der Waals surface area contributed by atoms with Gasteiger partial charge in [-0.15, -0.1) is 0 Å². The lowest BCUT2D eigenvalue weighted by Crippen LogP contribution is -2.36. The van der Waals surface area contributed by atoms with Gasteiger partial charge in [-0.3, -0.25) is 0 Å². The molecule has 0 aromatic carbocycles. The van der Waals surface area contributed by atoms with E-state index in [-0.39, 0.29) is 18.8 Å². The molecule has 1 aromatic rings. The molecule has 0 fully saturated rings. The van der Waals surface area contributed by atoms with Crippen molar-refractivity contribution in [3.63, 3.8) is 0 Å². The monoisotopic (exact) mass is 356 g/mol. The normalized spacial score (nSPS) is 19.8. The second-order valence-electron chi connectivity index (χ2n) is 4.70. The minimum absolute atomic E-state index is 0.143. The van der Waals surface area contributed by atoms with Crippen molar-refractivity contribution in [1.29, 1.82) is 0 Å². The summed E-state index contributed by atoms with van der Waals surface area (Å²) >= 11 is 6.01. The fraction of sp³-hybridized carbons (Fsp3) is 0.417. The van der Waals surface area contributed by atoms with Crippen molar-refractivity contribution in [3.05, 3.63) is 35.2 Å². The summed E-state index contributed by atoms with van der Waals surface area (Å²) in [6.45, 7) is 1.93. The van der Waals surface area contributed by atoms with Crippen LogP contribution in [0.5, 0.6) is 0 Å². The lowest BCUT2D eigenvalue weighted by molar-refractivity contribution is -0.0526. The number of hydrogen-bond donors (Lipinski definition) is 0. The molecule has 1 aromatic heterocycles. The van der Waals surface area contributed by atoms with Crippen LogP contribution < -0.4 is 4.90 Å². The van der Waals surface area contributed by atoms with Crippen molar-refractivity contribution in [3.8, 4) is 0 Å². The second kappa shape index (κ2) is 5.96. The van der Waals surface area contributed by atoms with Crippen molar-refractivity contribution in [1.82, 2.24) is 4.98 Å². The van der Waals surface area contributed by atoms with Crippen molar-refractivity contribution in [2.24, 2.45) is 5.92 Å². The van der Waals surface area contributed by atoms with Crippen molar-refractivity contribution < 1.29 is 25.8 Å². The van der Waals surface area contributed by atoms with Gasteiger partial charge in [0.05, 0.1) is 5.02 Å². The molecule has 122 valence electrons. The molecule has 0 radical (unpaired) electrons. The van der Waals surface area contributed by atoms with Gasteiger partial charge in [0.1, 0.15) is 11.6 Å². The van der Waals surface area contributed by atoms with Gasteiger partial charge in [-0.05, 0) is 18.2 Å². The predicted molar refractivity (Wildman–Crippen MR) is 74.8 cm³/mol. The summed E-state index contributed by atoms with van der Waals surface area (Å²) in [4.78, 5) is 5.82. The first-order valence-corrected chi connectivity index (χ1v) is 7.96. The Balaban J connectivity index is 2.18. The van der Waals surface area contributed by atoms with E-state index in [4.69, 9.17) is 11.6 Å². The van der Waals surface area contributed by atoms with Crippen LogP contribution in [0.4, 0.5) is 19.0 Å². The van der Waals surface area contributed by atoms with Crippen molar-refractivity contribution >= 4 is 27.5 Å². The molecular weight excluding hydrogens is 345 g/mol. The molecule has 10 heteroatoms. The topological polar surface area (TPSA) is 59.5 Å². The summed E-state index contributed by atoms with van der Waals surface area (Å²) in [6, 6.07) is 3.29. The van der Waals surface area contributed by atoms with E-state index >= 15 is 0 Å². The van der Waals surface area contributed by atoms with E-state index in [1.165, 1.54) is 12.3 Å². The van der Waals surface area contributed by atoms with E-state index in [1.54, 1.807) is 24.0 Å². The van der Waals surface area contributed by atoms with E-state index in [1.807, 2.05) is 0 Å². The molecule has 0 spiro atoms. The number of aromatic nitrogens is 1. The quantitative estimate of drug-likeness (QED) is 0.615. The van der Waals surface area contributed by atoms with E-state index in [0.717, 1.165) is 0 Å². The van der Waals surface area contributed by atoms with Crippen LogP contribution in [0.2, 0.25) is 5.02 Å². The lowest BCUT2D eigenvalue weighted by Gasteiger charge is -2.31. The second-order valence-corrected chi connectivity index (χ2v) is 6.65. The summed E-state index contributed by atoms with van der Waals surface area (Å²) < 4.78 is 63.3. The predicted octanol–water partition coefficient (Wildman–Crippen LogP) is 2.94. The fourth-order valence-electron chi connectivity index (χ4n) is 1.97. The Hall–Kier alpha value is -1.48. The molecular formula is C12H12ClF3N2O3S.